The van der Waals surface area contributed by atoms with Crippen LogP contribution in [0.1, 0.15) is 64.5 Å². The first-order valence-corrected chi connectivity index (χ1v) is 7.89. The van der Waals surface area contributed by atoms with Crippen LogP contribution in [0.15, 0.2) is 24.3 Å². The summed E-state index contributed by atoms with van der Waals surface area (Å²) < 4.78 is 0. The molecule has 0 aliphatic heterocycles. The van der Waals surface area contributed by atoms with Gasteiger partial charge in [-0.05, 0) is 55.2 Å². The smallest absolute Gasteiger partial charge is 0.0409 e. The van der Waals surface area contributed by atoms with Gasteiger partial charge in [-0.1, -0.05) is 44.5 Å². The Hall–Kier alpha value is -0.530. The van der Waals surface area contributed by atoms with Gasteiger partial charge in [0.1, 0.15) is 0 Å². The molecule has 1 N–H and O–H groups in total. The Balaban J connectivity index is 1.97. The molecule has 1 aliphatic rings. The van der Waals surface area contributed by atoms with Crippen molar-refractivity contribution in [3.63, 3.8) is 0 Å². The van der Waals surface area contributed by atoms with Crippen molar-refractivity contribution in [3.8, 4) is 0 Å². The first-order valence-electron chi connectivity index (χ1n) is 7.52. The summed E-state index contributed by atoms with van der Waals surface area (Å²) in [7, 11) is 0. The molecule has 1 saturated carbocycles. The molecule has 0 bridgehead atoms. The Morgan fingerprint density at radius 1 is 1.32 bits per heavy atom. The molecule has 0 heterocycles. The van der Waals surface area contributed by atoms with Gasteiger partial charge in [-0.25, -0.2) is 0 Å². The van der Waals surface area contributed by atoms with E-state index in [0.29, 0.717) is 17.5 Å². The maximum absolute atomic E-state index is 6.10. The third kappa shape index (κ3) is 4.22. The summed E-state index contributed by atoms with van der Waals surface area (Å²) in [5.74, 6) is 0. The molecular formula is C17H26ClN. The van der Waals surface area contributed by atoms with Crippen molar-refractivity contribution >= 4 is 11.6 Å². The van der Waals surface area contributed by atoms with Crippen LogP contribution in [0.2, 0.25) is 5.02 Å². The second-order valence-corrected chi connectivity index (χ2v) is 7.06. The van der Waals surface area contributed by atoms with Crippen molar-refractivity contribution in [1.29, 1.82) is 0 Å². The molecule has 1 aromatic carbocycles. The maximum Gasteiger partial charge on any atom is 0.0409 e. The molecule has 0 aromatic heterocycles. The summed E-state index contributed by atoms with van der Waals surface area (Å²) in [6, 6.07) is 9.37. The van der Waals surface area contributed by atoms with Gasteiger partial charge in [0, 0.05) is 17.1 Å². The van der Waals surface area contributed by atoms with Crippen molar-refractivity contribution in [3.05, 3.63) is 34.9 Å². The lowest BCUT2D eigenvalue weighted by Gasteiger charge is -2.36. The van der Waals surface area contributed by atoms with E-state index in [2.05, 4.69) is 38.2 Å². The minimum absolute atomic E-state index is 0.435. The molecule has 2 heteroatoms. The predicted molar refractivity (Wildman–Crippen MR) is 83.7 cm³/mol. The lowest BCUT2D eigenvalue weighted by atomic mass is 9.75. The van der Waals surface area contributed by atoms with Crippen molar-refractivity contribution in [2.75, 3.05) is 0 Å². The monoisotopic (exact) mass is 279 g/mol. The van der Waals surface area contributed by atoms with Gasteiger partial charge in [0.2, 0.25) is 0 Å². The molecule has 0 spiro atoms. The molecule has 19 heavy (non-hydrogen) atoms. The minimum atomic E-state index is 0.435. The number of hydrogen-bond donors (Lipinski definition) is 1. The quantitative estimate of drug-likeness (QED) is 0.783. The van der Waals surface area contributed by atoms with Crippen LogP contribution in [0.4, 0.5) is 0 Å². The average Bonchev–Trinajstić information content (AvgIpc) is 2.37. The zero-order chi connectivity index (χ0) is 13.9. The van der Waals surface area contributed by atoms with Gasteiger partial charge in [-0.2, -0.15) is 0 Å². The van der Waals surface area contributed by atoms with E-state index in [4.69, 9.17) is 11.6 Å². The van der Waals surface area contributed by atoms with E-state index in [1.807, 2.05) is 12.1 Å². The highest BCUT2D eigenvalue weighted by atomic mass is 35.5. The van der Waals surface area contributed by atoms with Crippen LogP contribution in [0, 0.1) is 5.41 Å². The second-order valence-electron chi connectivity index (χ2n) is 6.62. The SMILES string of the molecule is CCC(NC1CCC(C)(C)CC1)c1cccc(Cl)c1. The molecule has 1 atom stereocenters. The number of halogens is 1. The lowest BCUT2D eigenvalue weighted by Crippen LogP contribution is -2.37. The fraction of sp³-hybridized carbons (Fsp3) is 0.647. The molecular weight excluding hydrogens is 254 g/mol. The lowest BCUT2D eigenvalue weighted by molar-refractivity contribution is 0.197. The van der Waals surface area contributed by atoms with E-state index >= 15 is 0 Å². The molecule has 1 fully saturated rings. The largest absolute Gasteiger partial charge is 0.307 e. The number of nitrogens with one attached hydrogen (secondary N) is 1. The highest BCUT2D eigenvalue weighted by Gasteiger charge is 2.27. The Kier molecular flexibility index (Phi) is 4.92. The van der Waals surface area contributed by atoms with Crippen LogP contribution in [-0.2, 0) is 0 Å². The standard InChI is InChI=1S/C17H26ClN/c1-4-16(13-6-5-7-14(18)12-13)19-15-8-10-17(2,3)11-9-15/h5-7,12,15-16,19H,4,8-11H2,1-3H3. The van der Waals surface area contributed by atoms with Crippen molar-refractivity contribution in [2.45, 2.75) is 65.0 Å². The summed E-state index contributed by atoms with van der Waals surface area (Å²) in [5, 5.41) is 4.66. The molecule has 2 rings (SSSR count). The van der Waals surface area contributed by atoms with Crippen LogP contribution in [0.3, 0.4) is 0 Å². The first-order chi connectivity index (χ1) is 9.00. The average molecular weight is 280 g/mol. The maximum atomic E-state index is 6.10. The summed E-state index contributed by atoms with van der Waals surface area (Å²) in [4.78, 5) is 0. The van der Waals surface area contributed by atoms with Gasteiger partial charge >= 0.3 is 0 Å². The van der Waals surface area contributed by atoms with Gasteiger partial charge < -0.3 is 5.32 Å². The van der Waals surface area contributed by atoms with Crippen LogP contribution >= 0.6 is 11.6 Å². The number of hydrogen-bond acceptors (Lipinski definition) is 1. The highest BCUT2D eigenvalue weighted by Crippen LogP contribution is 2.36. The van der Waals surface area contributed by atoms with Crippen LogP contribution in [0.5, 0.6) is 0 Å². The van der Waals surface area contributed by atoms with Crippen LogP contribution in [0.25, 0.3) is 0 Å². The van der Waals surface area contributed by atoms with Gasteiger partial charge in [-0.15, -0.1) is 0 Å². The fourth-order valence-electron chi connectivity index (χ4n) is 3.02. The summed E-state index contributed by atoms with van der Waals surface area (Å²) in [6.45, 7) is 7.01. The molecule has 1 nitrogen and oxygen atoms in total. The molecule has 0 saturated heterocycles. The minimum Gasteiger partial charge on any atom is -0.307 e. The van der Waals surface area contributed by atoms with Gasteiger partial charge in [0.25, 0.3) is 0 Å². The van der Waals surface area contributed by atoms with E-state index in [-0.39, 0.29) is 0 Å². The molecule has 106 valence electrons. The van der Waals surface area contributed by atoms with Crippen molar-refractivity contribution in [2.24, 2.45) is 5.41 Å². The van der Waals surface area contributed by atoms with Gasteiger partial charge in [-0.3, -0.25) is 0 Å². The van der Waals surface area contributed by atoms with Crippen LogP contribution < -0.4 is 5.32 Å². The zero-order valence-corrected chi connectivity index (χ0v) is 13.1. The summed E-state index contributed by atoms with van der Waals surface area (Å²) >= 11 is 6.10. The molecule has 1 unspecified atom stereocenters. The Bertz CT molecular complexity index is 403. The normalized spacial score (nSPS) is 21.3. The van der Waals surface area contributed by atoms with Crippen molar-refractivity contribution in [1.82, 2.24) is 5.32 Å². The van der Waals surface area contributed by atoms with Gasteiger partial charge in [0.15, 0.2) is 0 Å². The van der Waals surface area contributed by atoms with E-state index < -0.39 is 0 Å². The molecule has 1 aromatic rings. The molecule has 0 radical (unpaired) electrons. The summed E-state index contributed by atoms with van der Waals surface area (Å²) in [6.07, 6.45) is 6.36. The predicted octanol–water partition coefficient (Wildman–Crippen LogP) is 5.35. The highest BCUT2D eigenvalue weighted by molar-refractivity contribution is 6.30. The Morgan fingerprint density at radius 3 is 2.58 bits per heavy atom. The molecule has 1 aliphatic carbocycles. The third-order valence-corrected chi connectivity index (χ3v) is 4.67. The van der Waals surface area contributed by atoms with E-state index in [9.17, 15) is 0 Å². The first kappa shape index (κ1) is 14.9. The van der Waals surface area contributed by atoms with E-state index in [0.717, 1.165) is 11.4 Å². The fourth-order valence-corrected chi connectivity index (χ4v) is 3.22. The third-order valence-electron chi connectivity index (χ3n) is 4.44. The van der Waals surface area contributed by atoms with E-state index in [1.54, 1.807) is 0 Å². The Labute approximate surface area is 122 Å². The van der Waals surface area contributed by atoms with E-state index in [1.165, 1.54) is 31.2 Å². The second kappa shape index (κ2) is 6.28. The summed E-state index contributed by atoms with van der Waals surface area (Å²) in [5.41, 5.74) is 1.86. The van der Waals surface area contributed by atoms with Gasteiger partial charge in [0.05, 0.1) is 0 Å². The zero-order valence-electron chi connectivity index (χ0n) is 12.4. The molecule has 0 amide bonds. The number of benzene rings is 1. The van der Waals surface area contributed by atoms with Crippen molar-refractivity contribution < 1.29 is 0 Å². The number of rotatable bonds is 4. The Morgan fingerprint density at radius 2 is 2.00 bits per heavy atom. The topological polar surface area (TPSA) is 12.0 Å². The van der Waals surface area contributed by atoms with Crippen LogP contribution in [-0.4, -0.2) is 6.04 Å².